The average Bonchev–Trinajstić information content (AvgIpc) is 2.22. The van der Waals surface area contributed by atoms with Crippen molar-refractivity contribution in [1.82, 2.24) is 4.72 Å². The molecule has 0 saturated heterocycles. The van der Waals surface area contributed by atoms with Crippen LogP contribution in [0.2, 0.25) is 0 Å². The lowest BCUT2D eigenvalue weighted by atomic mass is 10.2. The molecule has 1 aromatic rings. The summed E-state index contributed by atoms with van der Waals surface area (Å²) in [6.07, 6.45) is 0. The van der Waals surface area contributed by atoms with E-state index < -0.39 is 15.5 Å². The maximum Gasteiger partial charge on any atom is 0.441 e. The normalized spacial score (nSPS) is 12.6. The first-order valence-corrected chi connectivity index (χ1v) is 7.84. The molecule has 0 bridgehead atoms. The summed E-state index contributed by atoms with van der Waals surface area (Å²) in [6.45, 7) is -0.269. The molecule has 0 aliphatic heterocycles. The van der Waals surface area contributed by atoms with Crippen molar-refractivity contribution >= 4 is 27.5 Å². The van der Waals surface area contributed by atoms with E-state index in [1.165, 1.54) is 6.07 Å². The fourth-order valence-corrected chi connectivity index (χ4v) is 3.02. The predicted molar refractivity (Wildman–Crippen MR) is 70.0 cm³/mol. The summed E-state index contributed by atoms with van der Waals surface area (Å²) in [4.78, 5) is 0. The zero-order chi connectivity index (χ0) is 14.5. The van der Waals surface area contributed by atoms with Crippen molar-refractivity contribution in [2.24, 2.45) is 0 Å². The Morgan fingerprint density at radius 2 is 2.00 bits per heavy atom. The number of hydrogen-bond acceptors (Lipinski definition) is 4. The van der Waals surface area contributed by atoms with Gasteiger partial charge < -0.3 is 5.73 Å². The van der Waals surface area contributed by atoms with Crippen molar-refractivity contribution < 1.29 is 21.6 Å². The molecule has 0 spiro atoms. The van der Waals surface area contributed by atoms with E-state index in [-0.39, 0.29) is 29.8 Å². The molecule has 0 atom stereocenters. The molecule has 19 heavy (non-hydrogen) atoms. The van der Waals surface area contributed by atoms with Gasteiger partial charge in [0.1, 0.15) is 0 Å². The molecule has 0 amide bonds. The standard InChI is InChI=1S/C10H13F3N2O2S2/c11-10(12,13)18-5-4-15-19(16,17)7-8-2-1-3-9(14)6-8/h1-3,6,15H,4-5,7,14H2. The quantitative estimate of drug-likeness (QED) is 0.622. The summed E-state index contributed by atoms with van der Waals surface area (Å²) in [6, 6.07) is 6.31. The summed E-state index contributed by atoms with van der Waals surface area (Å²) in [5, 5.41) is 0. The van der Waals surface area contributed by atoms with Crippen LogP contribution in [0.25, 0.3) is 0 Å². The Balaban J connectivity index is 2.44. The van der Waals surface area contributed by atoms with Crippen molar-refractivity contribution in [3.63, 3.8) is 0 Å². The largest absolute Gasteiger partial charge is 0.441 e. The number of halogens is 3. The Labute approximate surface area is 113 Å². The van der Waals surface area contributed by atoms with Crippen LogP contribution in [0.5, 0.6) is 0 Å². The Hall–Kier alpha value is -0.930. The van der Waals surface area contributed by atoms with Gasteiger partial charge in [0.2, 0.25) is 10.0 Å². The minimum Gasteiger partial charge on any atom is -0.399 e. The summed E-state index contributed by atoms with van der Waals surface area (Å²) in [5.74, 6) is -0.672. The first kappa shape index (κ1) is 16.1. The number of nitrogens with two attached hydrogens (primary N) is 1. The molecule has 108 valence electrons. The van der Waals surface area contributed by atoms with E-state index >= 15 is 0 Å². The molecule has 1 rings (SSSR count). The first-order valence-electron chi connectivity index (χ1n) is 5.20. The van der Waals surface area contributed by atoms with Gasteiger partial charge in [-0.15, -0.1) is 0 Å². The average molecular weight is 314 g/mol. The van der Waals surface area contributed by atoms with Crippen LogP contribution in [0, 0.1) is 0 Å². The number of thioether (sulfide) groups is 1. The monoisotopic (exact) mass is 314 g/mol. The molecule has 1 aromatic carbocycles. The zero-order valence-electron chi connectivity index (χ0n) is 9.77. The van der Waals surface area contributed by atoms with Crippen molar-refractivity contribution in [2.75, 3.05) is 18.0 Å². The lowest BCUT2D eigenvalue weighted by Crippen LogP contribution is -2.28. The molecule has 0 saturated carbocycles. The van der Waals surface area contributed by atoms with Crippen LogP contribution in [-0.2, 0) is 15.8 Å². The van der Waals surface area contributed by atoms with Gasteiger partial charge in [-0.25, -0.2) is 13.1 Å². The van der Waals surface area contributed by atoms with Crippen molar-refractivity contribution in [2.45, 2.75) is 11.3 Å². The molecule has 0 aromatic heterocycles. The van der Waals surface area contributed by atoms with E-state index in [0.29, 0.717) is 11.3 Å². The molecule has 0 fully saturated rings. The third kappa shape index (κ3) is 7.28. The maximum atomic E-state index is 11.8. The van der Waals surface area contributed by atoms with Crippen LogP contribution < -0.4 is 10.5 Å². The van der Waals surface area contributed by atoms with Gasteiger partial charge in [-0.2, -0.15) is 13.2 Å². The van der Waals surface area contributed by atoms with Crippen LogP contribution >= 0.6 is 11.8 Å². The number of nitrogen functional groups attached to an aromatic ring is 1. The smallest absolute Gasteiger partial charge is 0.399 e. The highest BCUT2D eigenvalue weighted by atomic mass is 32.2. The molecule has 0 heterocycles. The first-order chi connectivity index (χ1) is 8.68. The molecular weight excluding hydrogens is 301 g/mol. The summed E-state index contributed by atoms with van der Waals surface area (Å²) >= 11 is -0.264. The third-order valence-electron chi connectivity index (χ3n) is 2.00. The number of nitrogens with one attached hydrogen (secondary N) is 1. The summed E-state index contributed by atoms with van der Waals surface area (Å²) in [7, 11) is -3.66. The second-order valence-corrected chi connectivity index (χ2v) is 6.66. The number of rotatable bonds is 6. The van der Waals surface area contributed by atoms with E-state index in [0.717, 1.165) is 0 Å². The van der Waals surface area contributed by atoms with Gasteiger partial charge in [0.25, 0.3) is 0 Å². The van der Waals surface area contributed by atoms with Crippen molar-refractivity contribution in [3.05, 3.63) is 29.8 Å². The molecular formula is C10H13F3N2O2S2. The highest BCUT2D eigenvalue weighted by Crippen LogP contribution is 2.29. The number of sulfonamides is 1. The lowest BCUT2D eigenvalue weighted by molar-refractivity contribution is -0.0327. The van der Waals surface area contributed by atoms with Gasteiger partial charge in [-0.1, -0.05) is 12.1 Å². The molecule has 0 unspecified atom stereocenters. The summed E-state index contributed by atoms with van der Waals surface area (Å²) < 4.78 is 60.8. The highest BCUT2D eigenvalue weighted by molar-refractivity contribution is 8.00. The number of anilines is 1. The number of alkyl halides is 3. The topological polar surface area (TPSA) is 72.2 Å². The fraction of sp³-hybridized carbons (Fsp3) is 0.400. The molecule has 4 nitrogen and oxygen atoms in total. The van der Waals surface area contributed by atoms with E-state index in [1.807, 2.05) is 0 Å². The van der Waals surface area contributed by atoms with E-state index in [1.54, 1.807) is 18.2 Å². The Morgan fingerprint density at radius 1 is 1.32 bits per heavy atom. The van der Waals surface area contributed by atoms with Crippen LogP contribution in [0.1, 0.15) is 5.56 Å². The molecule has 0 aliphatic rings. The van der Waals surface area contributed by atoms with Gasteiger partial charge >= 0.3 is 5.51 Å². The van der Waals surface area contributed by atoms with E-state index in [2.05, 4.69) is 4.72 Å². The number of hydrogen-bond donors (Lipinski definition) is 2. The van der Waals surface area contributed by atoms with Crippen LogP contribution in [0.3, 0.4) is 0 Å². The number of benzene rings is 1. The Bertz CT molecular complexity index is 518. The summed E-state index contributed by atoms with van der Waals surface area (Å²) in [5.41, 5.74) is 2.07. The predicted octanol–water partition coefficient (Wildman–Crippen LogP) is 1.94. The van der Waals surface area contributed by atoms with Crippen LogP contribution in [0.4, 0.5) is 18.9 Å². The van der Waals surface area contributed by atoms with Crippen LogP contribution in [0.15, 0.2) is 24.3 Å². The van der Waals surface area contributed by atoms with Gasteiger partial charge in [0.15, 0.2) is 0 Å². The molecule has 0 aliphatic carbocycles. The molecule has 9 heteroatoms. The second kappa shape index (κ2) is 6.49. The van der Waals surface area contributed by atoms with E-state index in [4.69, 9.17) is 5.73 Å². The van der Waals surface area contributed by atoms with Gasteiger partial charge in [0.05, 0.1) is 5.75 Å². The van der Waals surface area contributed by atoms with Crippen molar-refractivity contribution in [1.29, 1.82) is 0 Å². The van der Waals surface area contributed by atoms with Gasteiger partial charge in [0, 0.05) is 18.0 Å². The van der Waals surface area contributed by atoms with Gasteiger partial charge in [-0.05, 0) is 29.5 Å². The fourth-order valence-electron chi connectivity index (χ4n) is 1.32. The van der Waals surface area contributed by atoms with E-state index in [9.17, 15) is 21.6 Å². The van der Waals surface area contributed by atoms with Crippen LogP contribution in [-0.4, -0.2) is 26.2 Å². The third-order valence-corrected chi connectivity index (χ3v) is 4.09. The SMILES string of the molecule is Nc1cccc(CS(=O)(=O)NCCSC(F)(F)F)c1. The zero-order valence-corrected chi connectivity index (χ0v) is 11.4. The second-order valence-electron chi connectivity index (χ2n) is 3.69. The lowest BCUT2D eigenvalue weighted by Gasteiger charge is -2.08. The minimum atomic E-state index is -4.35. The van der Waals surface area contributed by atoms with Crippen molar-refractivity contribution in [3.8, 4) is 0 Å². The Kier molecular flexibility index (Phi) is 5.50. The molecule has 0 radical (unpaired) electrons. The highest BCUT2D eigenvalue weighted by Gasteiger charge is 2.27. The maximum absolute atomic E-state index is 11.8. The molecule has 3 N–H and O–H groups in total. The Morgan fingerprint density at radius 3 is 2.58 bits per heavy atom. The minimum absolute atomic E-state index is 0.264. The van der Waals surface area contributed by atoms with Gasteiger partial charge in [-0.3, -0.25) is 0 Å².